The van der Waals surface area contributed by atoms with Crippen LogP contribution < -0.4 is 9.47 Å². The normalized spacial score (nSPS) is 14.1. The summed E-state index contributed by atoms with van der Waals surface area (Å²) in [7, 11) is 0. The number of carbonyl (C=O) groups excluding carboxylic acids is 2. The molecular formula is C25H18ClNO5. The molecule has 0 radical (unpaired) electrons. The molecule has 1 aliphatic rings. The van der Waals surface area contributed by atoms with Crippen LogP contribution in [-0.2, 0) is 9.53 Å². The van der Waals surface area contributed by atoms with Gasteiger partial charge in [0.1, 0.15) is 11.5 Å². The fourth-order valence-corrected chi connectivity index (χ4v) is 3.06. The minimum Gasteiger partial charge on any atom is -0.494 e. The smallest absolute Gasteiger partial charge is 0.363 e. The molecular weight excluding hydrogens is 430 g/mol. The van der Waals surface area contributed by atoms with Crippen LogP contribution in [0.5, 0.6) is 11.5 Å². The van der Waals surface area contributed by atoms with Crippen molar-refractivity contribution in [2.75, 3.05) is 6.61 Å². The fourth-order valence-electron chi connectivity index (χ4n) is 2.93. The minimum atomic E-state index is -0.535. The second kappa shape index (κ2) is 9.49. The van der Waals surface area contributed by atoms with Crippen molar-refractivity contribution >= 4 is 35.5 Å². The number of rotatable bonds is 6. The molecule has 32 heavy (non-hydrogen) atoms. The molecule has 0 atom stereocenters. The second-order valence-corrected chi connectivity index (χ2v) is 7.20. The van der Waals surface area contributed by atoms with Gasteiger partial charge in [-0.05, 0) is 79.2 Å². The van der Waals surface area contributed by atoms with Gasteiger partial charge < -0.3 is 14.2 Å². The quantitative estimate of drug-likeness (QED) is 0.291. The molecule has 0 aromatic heterocycles. The largest absolute Gasteiger partial charge is 0.494 e. The van der Waals surface area contributed by atoms with E-state index in [0.29, 0.717) is 34.1 Å². The maximum Gasteiger partial charge on any atom is 0.363 e. The molecule has 1 aliphatic heterocycles. The van der Waals surface area contributed by atoms with Gasteiger partial charge >= 0.3 is 11.9 Å². The highest BCUT2D eigenvalue weighted by atomic mass is 35.5. The number of hydrogen-bond donors (Lipinski definition) is 0. The van der Waals surface area contributed by atoms with Crippen LogP contribution in [0.25, 0.3) is 6.08 Å². The zero-order valence-electron chi connectivity index (χ0n) is 17.1. The average Bonchev–Trinajstić information content (AvgIpc) is 3.16. The molecule has 3 aromatic carbocycles. The molecule has 0 amide bonds. The lowest BCUT2D eigenvalue weighted by atomic mass is 10.2. The molecule has 0 spiro atoms. The van der Waals surface area contributed by atoms with Crippen molar-refractivity contribution in [3.8, 4) is 11.5 Å². The summed E-state index contributed by atoms with van der Waals surface area (Å²) in [6.07, 6.45) is 1.61. The van der Waals surface area contributed by atoms with Crippen molar-refractivity contribution in [1.82, 2.24) is 0 Å². The summed E-state index contributed by atoms with van der Waals surface area (Å²) in [5.74, 6) is 0.315. The summed E-state index contributed by atoms with van der Waals surface area (Å²) in [5.41, 5.74) is 1.96. The molecule has 0 fully saturated rings. The third kappa shape index (κ3) is 5.04. The minimum absolute atomic E-state index is 0.180. The van der Waals surface area contributed by atoms with Crippen LogP contribution in [0.4, 0.5) is 0 Å². The summed E-state index contributed by atoms with van der Waals surface area (Å²) < 4.78 is 16.1. The lowest BCUT2D eigenvalue weighted by molar-refractivity contribution is -0.129. The number of aliphatic imine (C=N–C) groups is 1. The van der Waals surface area contributed by atoms with Crippen LogP contribution in [0.15, 0.2) is 83.5 Å². The van der Waals surface area contributed by atoms with Crippen molar-refractivity contribution in [3.63, 3.8) is 0 Å². The van der Waals surface area contributed by atoms with Crippen LogP contribution in [0.3, 0.4) is 0 Å². The molecule has 3 aromatic rings. The van der Waals surface area contributed by atoms with Crippen molar-refractivity contribution in [1.29, 1.82) is 0 Å². The van der Waals surface area contributed by atoms with Crippen LogP contribution in [0, 0.1) is 0 Å². The predicted molar refractivity (Wildman–Crippen MR) is 121 cm³/mol. The van der Waals surface area contributed by atoms with Crippen molar-refractivity contribution in [2.45, 2.75) is 6.92 Å². The molecule has 0 bridgehead atoms. The molecule has 6 nitrogen and oxygen atoms in total. The van der Waals surface area contributed by atoms with Gasteiger partial charge in [-0.1, -0.05) is 23.7 Å². The van der Waals surface area contributed by atoms with Crippen LogP contribution in [0.2, 0.25) is 5.02 Å². The van der Waals surface area contributed by atoms with Crippen LogP contribution >= 0.6 is 11.6 Å². The summed E-state index contributed by atoms with van der Waals surface area (Å²) in [6.45, 7) is 2.48. The molecule has 0 saturated heterocycles. The number of esters is 2. The van der Waals surface area contributed by atoms with Gasteiger partial charge in [0.2, 0.25) is 5.90 Å². The Morgan fingerprint density at radius 3 is 2.28 bits per heavy atom. The Morgan fingerprint density at radius 1 is 0.969 bits per heavy atom. The van der Waals surface area contributed by atoms with Gasteiger partial charge in [-0.15, -0.1) is 0 Å². The summed E-state index contributed by atoms with van der Waals surface area (Å²) >= 11 is 5.83. The Kier molecular flexibility index (Phi) is 6.33. The van der Waals surface area contributed by atoms with Gasteiger partial charge in [-0.25, -0.2) is 14.6 Å². The molecule has 160 valence electrons. The topological polar surface area (TPSA) is 74.2 Å². The molecule has 0 unspecified atom stereocenters. The van der Waals surface area contributed by atoms with E-state index in [0.717, 1.165) is 5.75 Å². The van der Waals surface area contributed by atoms with Crippen molar-refractivity contribution < 1.29 is 23.8 Å². The van der Waals surface area contributed by atoms with E-state index in [1.165, 1.54) is 0 Å². The van der Waals surface area contributed by atoms with Gasteiger partial charge in [0, 0.05) is 10.6 Å². The van der Waals surface area contributed by atoms with Crippen molar-refractivity contribution in [3.05, 3.63) is 100 Å². The standard InChI is InChI=1S/C25H18ClNO5/c1-2-30-20-13-7-17(8-14-20)23-27-22(25(29)32-23)15-16-3-11-21(12-4-16)31-24(28)18-5-9-19(26)10-6-18/h3-15H,2H2,1H3/b22-15-. The Bertz CT molecular complexity index is 1200. The number of carbonyl (C=O) groups is 2. The molecule has 7 heteroatoms. The monoisotopic (exact) mass is 447 g/mol. The Balaban J connectivity index is 1.45. The van der Waals surface area contributed by atoms with E-state index in [1.807, 2.05) is 6.92 Å². The maximum absolute atomic E-state index is 12.2. The zero-order chi connectivity index (χ0) is 22.5. The van der Waals surface area contributed by atoms with Gasteiger partial charge in [0.15, 0.2) is 5.70 Å². The van der Waals surface area contributed by atoms with E-state index in [1.54, 1.807) is 78.9 Å². The van der Waals surface area contributed by atoms with Gasteiger partial charge in [-0.2, -0.15) is 0 Å². The number of hydrogen-bond acceptors (Lipinski definition) is 6. The van der Waals surface area contributed by atoms with Crippen molar-refractivity contribution in [2.24, 2.45) is 4.99 Å². The fraction of sp³-hybridized carbons (Fsp3) is 0.0800. The van der Waals surface area contributed by atoms with Gasteiger partial charge in [-0.3, -0.25) is 0 Å². The lowest BCUT2D eigenvalue weighted by Crippen LogP contribution is -2.08. The van der Waals surface area contributed by atoms with E-state index in [-0.39, 0.29) is 11.6 Å². The van der Waals surface area contributed by atoms with E-state index < -0.39 is 11.9 Å². The van der Waals surface area contributed by atoms with E-state index >= 15 is 0 Å². The highest BCUT2D eigenvalue weighted by Gasteiger charge is 2.24. The zero-order valence-corrected chi connectivity index (χ0v) is 17.8. The predicted octanol–water partition coefficient (Wildman–Crippen LogP) is 5.30. The van der Waals surface area contributed by atoms with Crippen LogP contribution in [0.1, 0.15) is 28.4 Å². The Labute approximate surface area is 189 Å². The lowest BCUT2D eigenvalue weighted by Gasteiger charge is -2.05. The number of nitrogens with zero attached hydrogens (tertiary/aromatic N) is 1. The highest BCUT2D eigenvalue weighted by molar-refractivity contribution is 6.30. The summed E-state index contributed by atoms with van der Waals surface area (Å²) in [6, 6.07) is 20.3. The average molecular weight is 448 g/mol. The first-order valence-electron chi connectivity index (χ1n) is 9.85. The molecule has 4 rings (SSSR count). The number of halogens is 1. The molecule has 0 aliphatic carbocycles. The third-order valence-electron chi connectivity index (χ3n) is 4.51. The highest BCUT2D eigenvalue weighted by Crippen LogP contribution is 2.22. The number of ether oxygens (including phenoxy) is 3. The maximum atomic E-state index is 12.2. The summed E-state index contributed by atoms with van der Waals surface area (Å²) in [5, 5.41) is 0.540. The van der Waals surface area contributed by atoms with E-state index in [9.17, 15) is 9.59 Å². The first-order valence-corrected chi connectivity index (χ1v) is 10.2. The van der Waals surface area contributed by atoms with Gasteiger partial charge in [0.25, 0.3) is 0 Å². The second-order valence-electron chi connectivity index (χ2n) is 6.76. The molecule has 0 N–H and O–H groups in total. The summed E-state index contributed by atoms with van der Waals surface area (Å²) in [4.78, 5) is 28.7. The Hall–Kier alpha value is -3.90. The first kappa shape index (κ1) is 21.3. The number of cyclic esters (lactones) is 1. The SMILES string of the molecule is CCOc1ccc(C2=N/C(=C\c3ccc(OC(=O)c4ccc(Cl)cc4)cc3)C(=O)O2)cc1. The molecule has 1 heterocycles. The van der Waals surface area contributed by atoms with Gasteiger partial charge in [0.05, 0.1) is 12.2 Å². The number of benzene rings is 3. The Morgan fingerprint density at radius 2 is 1.62 bits per heavy atom. The van der Waals surface area contributed by atoms with E-state index in [2.05, 4.69) is 4.99 Å². The first-order chi connectivity index (χ1) is 15.5. The third-order valence-corrected chi connectivity index (χ3v) is 4.76. The van der Waals surface area contributed by atoms with E-state index in [4.69, 9.17) is 25.8 Å². The molecule has 0 saturated carbocycles. The van der Waals surface area contributed by atoms with Crippen LogP contribution in [-0.4, -0.2) is 24.4 Å².